The molecule has 0 radical (unpaired) electrons. The Labute approximate surface area is 108 Å². The topological polar surface area (TPSA) is 36.1 Å². The van der Waals surface area contributed by atoms with Gasteiger partial charge in [0.25, 0.3) is 0 Å². The smallest absolute Gasteiger partial charge is 0.143 e. The van der Waals surface area contributed by atoms with Gasteiger partial charge in [-0.2, -0.15) is 5.26 Å². The van der Waals surface area contributed by atoms with Crippen molar-refractivity contribution in [3.63, 3.8) is 0 Å². The molecule has 2 nitrogen and oxygen atoms in total. The number of benzene rings is 1. The van der Waals surface area contributed by atoms with E-state index in [1.165, 1.54) is 5.56 Å². The van der Waals surface area contributed by atoms with E-state index >= 15 is 0 Å². The second-order valence-electron chi connectivity index (χ2n) is 4.51. The van der Waals surface area contributed by atoms with Crippen LogP contribution in [0.25, 0.3) is 0 Å². The van der Waals surface area contributed by atoms with E-state index < -0.39 is 12.2 Å². The van der Waals surface area contributed by atoms with Crippen LogP contribution < -0.4 is 0 Å². The van der Waals surface area contributed by atoms with E-state index in [1.54, 1.807) is 13.1 Å². The molecule has 0 saturated heterocycles. The third-order valence-corrected chi connectivity index (χ3v) is 2.82. The van der Waals surface area contributed by atoms with Crippen molar-refractivity contribution in [2.75, 3.05) is 6.67 Å². The predicted octanol–water partition coefficient (Wildman–Crippen LogP) is 3.72. The molecule has 0 aliphatic carbocycles. The maximum atomic E-state index is 12.1. The van der Waals surface area contributed by atoms with Gasteiger partial charge in [-0.1, -0.05) is 30.3 Å². The molecule has 0 heterocycles. The van der Waals surface area contributed by atoms with E-state index in [-0.39, 0.29) is 0 Å². The monoisotopic (exact) mass is 246 g/mol. The SMILES string of the molecule is CC(C#N)(CCCF)N=CCCc1ccccc1. The number of aliphatic imine (C=N–C) groups is 1. The maximum Gasteiger partial charge on any atom is 0.143 e. The lowest BCUT2D eigenvalue weighted by molar-refractivity contribution is 0.422. The molecule has 0 aliphatic heterocycles. The van der Waals surface area contributed by atoms with Gasteiger partial charge in [-0.25, -0.2) is 0 Å². The van der Waals surface area contributed by atoms with E-state index in [1.807, 2.05) is 18.2 Å². The van der Waals surface area contributed by atoms with Crippen molar-refractivity contribution >= 4 is 6.21 Å². The molecule has 0 aromatic heterocycles. The summed E-state index contributed by atoms with van der Waals surface area (Å²) in [5, 5.41) is 9.04. The summed E-state index contributed by atoms with van der Waals surface area (Å²) in [6.45, 7) is 1.36. The lowest BCUT2D eigenvalue weighted by Gasteiger charge is -2.14. The summed E-state index contributed by atoms with van der Waals surface area (Å²) in [4.78, 5) is 4.27. The van der Waals surface area contributed by atoms with Crippen molar-refractivity contribution in [3.8, 4) is 6.07 Å². The van der Waals surface area contributed by atoms with Crippen molar-refractivity contribution in [2.24, 2.45) is 4.99 Å². The first kappa shape index (κ1) is 14.4. The largest absolute Gasteiger partial charge is 0.276 e. The van der Waals surface area contributed by atoms with Gasteiger partial charge < -0.3 is 0 Å². The minimum atomic E-state index is -0.775. The van der Waals surface area contributed by atoms with Gasteiger partial charge in [-0.05, 0) is 38.2 Å². The minimum absolute atomic E-state index is 0.389. The summed E-state index contributed by atoms with van der Waals surface area (Å²) < 4.78 is 12.1. The molecule has 1 atom stereocenters. The highest BCUT2D eigenvalue weighted by Crippen LogP contribution is 2.16. The molecule has 0 fully saturated rings. The Bertz CT molecular complexity index is 408. The summed E-state index contributed by atoms with van der Waals surface area (Å²) in [6.07, 6.45) is 4.36. The molecule has 1 aromatic rings. The number of nitriles is 1. The molecule has 0 bridgehead atoms. The molecule has 18 heavy (non-hydrogen) atoms. The van der Waals surface area contributed by atoms with E-state index in [2.05, 4.69) is 23.2 Å². The maximum absolute atomic E-state index is 12.1. The Morgan fingerprint density at radius 3 is 2.72 bits per heavy atom. The van der Waals surface area contributed by atoms with Crippen molar-refractivity contribution in [1.29, 1.82) is 5.26 Å². The van der Waals surface area contributed by atoms with Crippen LogP contribution in [0.4, 0.5) is 4.39 Å². The van der Waals surface area contributed by atoms with Crippen molar-refractivity contribution in [1.82, 2.24) is 0 Å². The van der Waals surface area contributed by atoms with Crippen LogP contribution in [0.2, 0.25) is 0 Å². The molecule has 1 aromatic carbocycles. The van der Waals surface area contributed by atoms with Crippen LogP contribution in [0.1, 0.15) is 31.7 Å². The molecule has 0 spiro atoms. The number of nitrogens with zero attached hydrogens (tertiary/aromatic N) is 2. The van der Waals surface area contributed by atoms with Gasteiger partial charge in [0.1, 0.15) is 5.54 Å². The van der Waals surface area contributed by atoms with Gasteiger partial charge >= 0.3 is 0 Å². The van der Waals surface area contributed by atoms with Crippen LogP contribution in [0.3, 0.4) is 0 Å². The van der Waals surface area contributed by atoms with Gasteiger partial charge in [0.15, 0.2) is 0 Å². The standard InChI is InChI=1S/C15H19FN2/c1-15(13-17,10-6-11-16)18-12-5-9-14-7-3-2-4-8-14/h2-4,7-8,12H,5-6,9-11H2,1H3. The van der Waals surface area contributed by atoms with Gasteiger partial charge in [0, 0.05) is 6.21 Å². The number of hydrogen-bond donors (Lipinski definition) is 0. The Kier molecular flexibility index (Phi) is 6.07. The number of halogens is 1. The van der Waals surface area contributed by atoms with Crippen LogP contribution in [0, 0.1) is 11.3 Å². The highest BCUT2D eigenvalue weighted by Gasteiger charge is 2.20. The van der Waals surface area contributed by atoms with Gasteiger partial charge in [0.2, 0.25) is 0 Å². The van der Waals surface area contributed by atoms with Crippen molar-refractivity contribution in [2.45, 2.75) is 38.1 Å². The zero-order chi connectivity index (χ0) is 13.3. The van der Waals surface area contributed by atoms with E-state index in [0.29, 0.717) is 12.8 Å². The van der Waals surface area contributed by atoms with Gasteiger partial charge in [-0.3, -0.25) is 9.38 Å². The second kappa shape index (κ2) is 7.60. The highest BCUT2D eigenvalue weighted by atomic mass is 19.1. The average Bonchev–Trinajstić information content (AvgIpc) is 2.43. The first-order valence-electron chi connectivity index (χ1n) is 6.25. The van der Waals surface area contributed by atoms with Gasteiger partial charge in [-0.15, -0.1) is 0 Å². The Balaban J connectivity index is 2.41. The first-order chi connectivity index (χ1) is 8.70. The third kappa shape index (κ3) is 5.09. The zero-order valence-electron chi connectivity index (χ0n) is 10.8. The van der Waals surface area contributed by atoms with Crippen LogP contribution in [0.5, 0.6) is 0 Å². The summed E-state index contributed by atoms with van der Waals surface area (Å²) >= 11 is 0. The number of aryl methyl sites for hydroxylation is 1. The van der Waals surface area contributed by atoms with Gasteiger partial charge in [0.05, 0.1) is 12.7 Å². The molecule has 0 N–H and O–H groups in total. The Morgan fingerprint density at radius 1 is 1.39 bits per heavy atom. The lowest BCUT2D eigenvalue weighted by Crippen LogP contribution is -2.19. The first-order valence-corrected chi connectivity index (χ1v) is 6.25. The predicted molar refractivity (Wildman–Crippen MR) is 72.5 cm³/mol. The molecule has 0 aliphatic rings. The highest BCUT2D eigenvalue weighted by molar-refractivity contribution is 5.59. The zero-order valence-corrected chi connectivity index (χ0v) is 10.8. The molecule has 1 unspecified atom stereocenters. The van der Waals surface area contributed by atoms with E-state index in [4.69, 9.17) is 5.26 Å². The summed E-state index contributed by atoms with van der Waals surface area (Å²) in [5.74, 6) is 0. The third-order valence-electron chi connectivity index (χ3n) is 2.82. The molecule has 96 valence electrons. The van der Waals surface area contributed by atoms with Crippen LogP contribution in [-0.2, 0) is 6.42 Å². The summed E-state index contributed by atoms with van der Waals surface area (Å²) in [7, 11) is 0. The van der Waals surface area contributed by atoms with Crippen molar-refractivity contribution in [3.05, 3.63) is 35.9 Å². The van der Waals surface area contributed by atoms with Crippen LogP contribution >= 0.6 is 0 Å². The van der Waals surface area contributed by atoms with E-state index in [9.17, 15) is 4.39 Å². The second-order valence-corrected chi connectivity index (χ2v) is 4.51. The Hall–Kier alpha value is -1.69. The molecular weight excluding hydrogens is 227 g/mol. The fourth-order valence-corrected chi connectivity index (χ4v) is 1.70. The number of alkyl halides is 1. The quantitative estimate of drug-likeness (QED) is 0.675. The fourth-order valence-electron chi connectivity index (χ4n) is 1.70. The number of hydrogen-bond acceptors (Lipinski definition) is 2. The number of rotatable bonds is 7. The minimum Gasteiger partial charge on any atom is -0.276 e. The average molecular weight is 246 g/mol. The fraction of sp³-hybridized carbons (Fsp3) is 0.467. The molecule has 1 rings (SSSR count). The van der Waals surface area contributed by atoms with E-state index in [0.717, 1.165) is 12.8 Å². The molecule has 3 heteroatoms. The molecule has 0 saturated carbocycles. The van der Waals surface area contributed by atoms with Crippen molar-refractivity contribution < 1.29 is 4.39 Å². The normalized spacial score (nSPS) is 14.3. The lowest BCUT2D eigenvalue weighted by atomic mass is 9.99. The summed E-state index contributed by atoms with van der Waals surface area (Å²) in [5.41, 5.74) is 0.481. The van der Waals surface area contributed by atoms with Crippen LogP contribution in [0.15, 0.2) is 35.3 Å². The molecular formula is C15H19FN2. The Morgan fingerprint density at radius 2 is 2.11 bits per heavy atom. The molecule has 0 amide bonds. The van der Waals surface area contributed by atoms with Crippen LogP contribution in [-0.4, -0.2) is 18.4 Å². The summed E-state index contributed by atoms with van der Waals surface area (Å²) in [6, 6.07) is 12.3.